The number of nitrogens with one attached hydrogen (secondary N) is 2. The molecule has 10 heteroatoms. The monoisotopic (exact) mass is 551 g/mol. The lowest BCUT2D eigenvalue weighted by molar-refractivity contribution is 0.0611. The van der Waals surface area contributed by atoms with Gasteiger partial charge in [-0.1, -0.05) is 6.07 Å². The van der Waals surface area contributed by atoms with E-state index >= 15 is 0 Å². The maximum Gasteiger partial charge on any atom is 0.253 e. The number of benzene rings is 1. The zero-order valence-corrected chi connectivity index (χ0v) is 23.3. The number of rotatable bonds is 6. The van der Waals surface area contributed by atoms with E-state index in [1.807, 2.05) is 49.5 Å². The van der Waals surface area contributed by atoms with Crippen LogP contribution in [-0.2, 0) is 12.0 Å². The number of thiazole rings is 1. The second-order valence-corrected chi connectivity index (χ2v) is 11.3. The smallest absolute Gasteiger partial charge is 0.253 e. The number of aryl methyl sites for hydroxylation is 2. The fraction of sp³-hybridized carbons (Fsp3) is 0.233. The minimum atomic E-state index is -1.21. The van der Waals surface area contributed by atoms with Gasteiger partial charge in [-0.15, -0.1) is 11.3 Å². The summed E-state index contributed by atoms with van der Waals surface area (Å²) in [5.74, 6) is 1.29. The summed E-state index contributed by atoms with van der Waals surface area (Å²) in [6.45, 7) is 2.02. The average molecular weight is 552 g/mol. The van der Waals surface area contributed by atoms with Crippen molar-refractivity contribution in [2.24, 2.45) is 0 Å². The van der Waals surface area contributed by atoms with Gasteiger partial charge in [-0.3, -0.25) is 9.89 Å². The van der Waals surface area contributed by atoms with Crippen molar-refractivity contribution in [2.75, 3.05) is 19.4 Å². The molecule has 6 rings (SSSR count). The van der Waals surface area contributed by atoms with Crippen molar-refractivity contribution in [3.05, 3.63) is 94.5 Å². The highest BCUT2D eigenvalue weighted by Crippen LogP contribution is 2.43. The van der Waals surface area contributed by atoms with Gasteiger partial charge >= 0.3 is 0 Å². The van der Waals surface area contributed by atoms with Gasteiger partial charge in [0.1, 0.15) is 22.2 Å². The summed E-state index contributed by atoms with van der Waals surface area (Å²) in [5, 5.41) is 22.7. The largest absolute Gasteiger partial charge is 0.378 e. The fourth-order valence-electron chi connectivity index (χ4n) is 5.15. The molecule has 4 aromatic heterocycles. The number of aliphatic hydroxyl groups is 1. The van der Waals surface area contributed by atoms with E-state index in [1.54, 1.807) is 43.7 Å². The lowest BCUT2D eigenvalue weighted by Gasteiger charge is -2.33. The molecule has 5 aromatic rings. The zero-order valence-electron chi connectivity index (χ0n) is 22.5. The van der Waals surface area contributed by atoms with Crippen molar-refractivity contribution in [3.63, 3.8) is 0 Å². The Kier molecular flexibility index (Phi) is 6.65. The van der Waals surface area contributed by atoms with Crippen LogP contribution in [0.5, 0.6) is 0 Å². The molecule has 1 aliphatic rings. The highest BCUT2D eigenvalue weighted by Gasteiger charge is 2.39. The molecule has 1 amide bonds. The number of H-pyrrole nitrogens is 1. The Labute approximate surface area is 236 Å². The van der Waals surface area contributed by atoms with Gasteiger partial charge in [-0.05, 0) is 84.8 Å². The number of carbonyl (C=O) groups is 1. The Hall–Kier alpha value is -4.41. The highest BCUT2D eigenvalue weighted by molar-refractivity contribution is 7.15. The van der Waals surface area contributed by atoms with Crippen molar-refractivity contribution >= 4 is 28.9 Å². The number of anilines is 2. The predicted octanol–water partition coefficient (Wildman–Crippen LogP) is 5.32. The molecule has 1 aliphatic carbocycles. The molecule has 0 bridgehead atoms. The number of pyridine rings is 2. The topological polar surface area (TPSA) is 120 Å². The Bertz CT molecular complexity index is 1700. The van der Waals surface area contributed by atoms with Crippen LogP contribution in [0.1, 0.15) is 44.9 Å². The predicted molar refractivity (Wildman–Crippen MR) is 156 cm³/mol. The summed E-state index contributed by atoms with van der Waals surface area (Å²) < 4.78 is 0. The third-order valence-corrected chi connectivity index (χ3v) is 8.29. The van der Waals surface area contributed by atoms with Gasteiger partial charge in [-0.2, -0.15) is 5.10 Å². The molecule has 1 atom stereocenters. The van der Waals surface area contributed by atoms with E-state index in [2.05, 4.69) is 25.5 Å². The second kappa shape index (κ2) is 10.3. The van der Waals surface area contributed by atoms with E-state index < -0.39 is 5.60 Å². The second-order valence-electron chi connectivity index (χ2n) is 10.3. The average Bonchev–Trinajstić information content (AvgIpc) is 3.66. The van der Waals surface area contributed by atoms with Crippen LogP contribution in [0, 0.1) is 6.92 Å². The number of aromatic amines is 1. The molecule has 4 heterocycles. The van der Waals surface area contributed by atoms with E-state index in [-0.39, 0.29) is 5.91 Å². The van der Waals surface area contributed by atoms with Gasteiger partial charge in [0.05, 0.1) is 16.8 Å². The first-order valence-corrected chi connectivity index (χ1v) is 13.9. The molecular weight excluding hydrogens is 522 g/mol. The lowest BCUT2D eigenvalue weighted by atomic mass is 9.79. The standard InChI is InChI=1S/C30H29N7O2S/c1-18-11-24(35-27(12-18)36-26-14-19(8-10-31-26)22-15-33-34-16-22)25-17-32-29(40-25)30(39)9-4-5-20-13-21(6-7-23(20)30)28(38)37(2)3/h6-8,10-17,39H,4-5,9H2,1-3H3,(H,33,34)(H,31,35,36)/t30-/m1/s1. The van der Waals surface area contributed by atoms with Gasteiger partial charge in [0, 0.05) is 43.8 Å². The Balaban J connectivity index is 1.29. The maximum atomic E-state index is 12.5. The zero-order chi connectivity index (χ0) is 27.9. The number of amides is 1. The quantitative estimate of drug-likeness (QED) is 0.261. The molecule has 1 aromatic carbocycles. The summed E-state index contributed by atoms with van der Waals surface area (Å²) in [7, 11) is 3.48. The van der Waals surface area contributed by atoms with Crippen LogP contribution in [0.25, 0.3) is 21.7 Å². The van der Waals surface area contributed by atoms with E-state index in [0.29, 0.717) is 28.6 Å². The van der Waals surface area contributed by atoms with Crippen LogP contribution in [0.2, 0.25) is 0 Å². The van der Waals surface area contributed by atoms with Crippen molar-refractivity contribution in [1.29, 1.82) is 0 Å². The van der Waals surface area contributed by atoms with Crippen molar-refractivity contribution < 1.29 is 9.90 Å². The van der Waals surface area contributed by atoms with Gasteiger partial charge in [0.25, 0.3) is 5.91 Å². The maximum absolute atomic E-state index is 12.5. The first kappa shape index (κ1) is 25.8. The molecule has 0 spiro atoms. The molecule has 0 unspecified atom stereocenters. The van der Waals surface area contributed by atoms with Crippen LogP contribution in [0.15, 0.2) is 67.3 Å². The van der Waals surface area contributed by atoms with Crippen LogP contribution in [0.4, 0.5) is 11.6 Å². The molecule has 202 valence electrons. The number of carbonyl (C=O) groups excluding carboxylic acids is 1. The van der Waals surface area contributed by atoms with Gasteiger partial charge in [-0.25, -0.2) is 15.0 Å². The normalized spacial score (nSPS) is 16.4. The molecular formula is C30H29N7O2S. The third-order valence-electron chi connectivity index (χ3n) is 7.12. The molecule has 9 nitrogen and oxygen atoms in total. The van der Waals surface area contributed by atoms with Crippen LogP contribution < -0.4 is 5.32 Å². The number of hydrogen-bond acceptors (Lipinski definition) is 8. The SMILES string of the molecule is Cc1cc(Nc2cc(-c3cn[nH]c3)ccn2)nc(-c2cnc([C@@]3(O)CCCc4cc(C(=O)N(C)C)ccc43)s2)c1. The van der Waals surface area contributed by atoms with Crippen molar-refractivity contribution in [3.8, 4) is 21.7 Å². The lowest BCUT2D eigenvalue weighted by Crippen LogP contribution is -2.32. The molecule has 0 fully saturated rings. The first-order chi connectivity index (χ1) is 19.3. The van der Waals surface area contributed by atoms with Gasteiger partial charge < -0.3 is 15.3 Å². The molecule has 0 saturated carbocycles. The summed E-state index contributed by atoms with van der Waals surface area (Å²) >= 11 is 1.44. The highest BCUT2D eigenvalue weighted by atomic mass is 32.1. The minimum absolute atomic E-state index is 0.0493. The number of nitrogens with zero attached hydrogens (tertiary/aromatic N) is 5. The summed E-state index contributed by atoms with van der Waals surface area (Å²) in [6.07, 6.45) is 9.32. The number of hydrogen-bond donors (Lipinski definition) is 3. The van der Waals surface area contributed by atoms with Crippen LogP contribution in [-0.4, -0.2) is 55.2 Å². The number of aromatic nitrogens is 5. The van der Waals surface area contributed by atoms with Crippen LogP contribution in [0.3, 0.4) is 0 Å². The summed E-state index contributed by atoms with van der Waals surface area (Å²) in [6, 6.07) is 13.4. The molecule has 3 N–H and O–H groups in total. The fourth-order valence-corrected chi connectivity index (χ4v) is 6.16. The van der Waals surface area contributed by atoms with E-state index in [9.17, 15) is 9.90 Å². The minimum Gasteiger partial charge on any atom is -0.378 e. The van der Waals surface area contributed by atoms with Gasteiger partial charge in [0.15, 0.2) is 0 Å². The Morgan fingerprint density at radius 1 is 1.07 bits per heavy atom. The van der Waals surface area contributed by atoms with E-state index in [1.165, 1.54) is 11.3 Å². The molecule has 0 saturated heterocycles. The van der Waals surface area contributed by atoms with E-state index in [4.69, 9.17) is 4.98 Å². The van der Waals surface area contributed by atoms with Crippen molar-refractivity contribution in [2.45, 2.75) is 31.8 Å². The summed E-state index contributed by atoms with van der Waals surface area (Å²) in [5.41, 5.74) is 4.99. The van der Waals surface area contributed by atoms with Crippen LogP contribution >= 0.6 is 11.3 Å². The molecule has 40 heavy (non-hydrogen) atoms. The van der Waals surface area contributed by atoms with Gasteiger partial charge in [0.2, 0.25) is 0 Å². The first-order valence-electron chi connectivity index (χ1n) is 13.1. The Morgan fingerprint density at radius 3 is 2.75 bits per heavy atom. The number of fused-ring (bicyclic) bond motifs is 1. The Morgan fingerprint density at radius 2 is 1.95 bits per heavy atom. The van der Waals surface area contributed by atoms with Crippen molar-refractivity contribution in [1.82, 2.24) is 30.0 Å². The molecule has 0 radical (unpaired) electrons. The third kappa shape index (κ3) is 4.87. The summed E-state index contributed by atoms with van der Waals surface area (Å²) in [4.78, 5) is 28.9. The molecule has 0 aliphatic heterocycles. The van der Waals surface area contributed by atoms with E-state index in [0.717, 1.165) is 51.2 Å².